The van der Waals surface area contributed by atoms with Gasteiger partial charge in [-0.2, -0.15) is 33.4 Å². The number of thioether (sulfide) groups is 2. The molecule has 0 radical (unpaired) electrons. The first-order valence-corrected chi connectivity index (χ1v) is 20.6. The first kappa shape index (κ1) is 51.5. The van der Waals surface area contributed by atoms with E-state index in [9.17, 15) is 45.6 Å². The fraction of sp³-hybridized carbons (Fsp3) is 0.231. The zero-order chi connectivity index (χ0) is 43.2. The van der Waals surface area contributed by atoms with Crippen molar-refractivity contribution in [3.05, 3.63) is 69.5 Å². The number of nitrogens with zero attached hydrogens (tertiary/aromatic N) is 6. The van der Waals surface area contributed by atoms with Crippen LogP contribution >= 0.6 is 46.7 Å². The number of ether oxygens (including phenoxy) is 1. The van der Waals surface area contributed by atoms with Gasteiger partial charge in [-0.1, -0.05) is 46.7 Å². The minimum atomic E-state index is -4.19. The third-order valence-electron chi connectivity index (χ3n) is 6.28. The number of hydrogen-bond donors (Lipinski definition) is 8. The Morgan fingerprint density at radius 3 is 1.85 bits per heavy atom. The maximum Gasteiger partial charge on any atom is 1.00 e. The molecule has 0 spiro atoms. The average Bonchev–Trinajstić information content (AvgIpc) is 3.91. The Hall–Kier alpha value is -3.60. The van der Waals surface area contributed by atoms with Crippen LogP contribution < -0.4 is 64.9 Å². The Balaban J connectivity index is 0.000000385. The number of halogens is 4. The standard InChI is InChI=1S/C13H14ClFN6O6S2.C12H10ClFN6O5S2.CH3O.Na/c1-26-13(22)9(21-29(16,24)25)5-28-12-10(19-27-20-12)11(18-23)17-6-2-3-8(15)7(14)4-6;13-6-3-5(1-2-7(6)14)15-10(16-22)9-12(18-25-17-9)26-4-8-11(21)20-27(23,24)19-8;1-2;/h2-4,9,21,23H,5H2,1H3,(H,17,18)(H2,16,24,25);1-3,8,19,22H,4H2,(H,15,16)(H,20,21);1H3;/q;;-1;+1/t9-;8-;;/m00../s1. The molecule has 0 aliphatic carbocycles. The molecule has 1 saturated heterocycles. The number of aliphatic imine (C=N–C) groups is 2. The van der Waals surface area contributed by atoms with E-state index >= 15 is 0 Å². The number of methoxy groups -OCH3 is 1. The van der Waals surface area contributed by atoms with E-state index in [0.29, 0.717) is 0 Å². The van der Waals surface area contributed by atoms with E-state index in [4.69, 9.17) is 33.4 Å². The van der Waals surface area contributed by atoms with Gasteiger partial charge in [-0.25, -0.2) is 37.9 Å². The van der Waals surface area contributed by atoms with Gasteiger partial charge in [0.1, 0.15) is 23.7 Å². The molecule has 9 N–H and O–H groups in total. The predicted octanol–water partition coefficient (Wildman–Crippen LogP) is -3.33. The Bertz CT molecular complexity index is 2360. The second-order valence-corrected chi connectivity index (χ2v) is 15.8. The van der Waals surface area contributed by atoms with Crippen molar-refractivity contribution in [2.45, 2.75) is 22.1 Å². The zero-order valence-electron chi connectivity index (χ0n) is 29.9. The summed E-state index contributed by atoms with van der Waals surface area (Å²) in [5.74, 6) is -3.53. The molecule has 2 aromatic heterocycles. The monoisotopic (exact) mass is 958 g/mol. The summed E-state index contributed by atoms with van der Waals surface area (Å²) in [6.45, 7) is 0. The van der Waals surface area contributed by atoms with E-state index < -0.39 is 56.0 Å². The number of carbonyl (C=O) groups excluding carboxylic acids is 2. The van der Waals surface area contributed by atoms with Crippen LogP contribution in [0.15, 0.2) is 65.7 Å². The largest absolute Gasteiger partial charge is 1.00 e. The first-order valence-electron chi connectivity index (χ1n) is 14.8. The number of rotatable bonds is 13. The quantitative estimate of drug-likeness (QED) is 0.0162. The molecule has 1 aliphatic heterocycles. The normalized spacial score (nSPS) is 15.4. The molecule has 3 heterocycles. The number of hydrogen-bond acceptors (Lipinski definition) is 20. The van der Waals surface area contributed by atoms with Gasteiger partial charge < -0.3 is 9.84 Å². The van der Waals surface area contributed by atoms with E-state index in [2.05, 4.69) is 49.3 Å². The van der Waals surface area contributed by atoms with Crippen LogP contribution in [0.3, 0.4) is 0 Å². The van der Waals surface area contributed by atoms with Gasteiger partial charge in [0.05, 0.1) is 28.5 Å². The molecule has 1 aliphatic rings. The van der Waals surface area contributed by atoms with Gasteiger partial charge in [0.15, 0.2) is 33.1 Å². The Labute approximate surface area is 372 Å². The number of amides is 1. The molecule has 5 rings (SSSR count). The van der Waals surface area contributed by atoms with Crippen molar-refractivity contribution in [3.63, 3.8) is 0 Å². The molecule has 1 fully saturated rings. The van der Waals surface area contributed by atoms with Crippen LogP contribution in [0.1, 0.15) is 11.4 Å². The van der Waals surface area contributed by atoms with Crippen molar-refractivity contribution in [2.24, 2.45) is 15.1 Å². The molecule has 33 heteroatoms. The molecule has 2 aromatic carbocycles. The number of nitrogens with two attached hydrogens (primary N) is 1. The number of carbonyl (C=O) groups is 2. The number of benzene rings is 2. The van der Waals surface area contributed by atoms with Crippen molar-refractivity contribution in [2.75, 3.05) is 25.7 Å². The summed E-state index contributed by atoms with van der Waals surface area (Å²) in [4.78, 5) is 31.4. The van der Waals surface area contributed by atoms with Crippen molar-refractivity contribution in [1.29, 1.82) is 0 Å². The minimum Gasteiger partial charge on any atom is -0.857 e. The minimum absolute atomic E-state index is 0. The van der Waals surface area contributed by atoms with Gasteiger partial charge in [0.25, 0.3) is 16.1 Å². The third-order valence-corrected chi connectivity index (χ3v) is 10.6. The molecule has 0 saturated carbocycles. The number of hydroxylamine groups is 2. The maximum absolute atomic E-state index is 13.3. The molecular weight excluding hydrogens is 933 g/mol. The zero-order valence-corrected chi connectivity index (χ0v) is 36.7. The van der Waals surface area contributed by atoms with Crippen molar-refractivity contribution >= 4 is 102 Å². The number of aromatic nitrogens is 4. The van der Waals surface area contributed by atoms with E-state index in [1.807, 2.05) is 10.2 Å². The molecule has 4 aromatic rings. The first-order chi connectivity index (χ1) is 27.4. The van der Waals surface area contributed by atoms with Gasteiger partial charge >= 0.3 is 45.7 Å². The topological polar surface area (TPSA) is 364 Å². The molecule has 0 bridgehead atoms. The van der Waals surface area contributed by atoms with E-state index in [-0.39, 0.29) is 95.6 Å². The summed E-state index contributed by atoms with van der Waals surface area (Å²) in [6, 6.07) is 4.87. The molecular formula is C26H27Cl2F2N12NaO12S4. The molecule has 316 valence electrons. The van der Waals surface area contributed by atoms with Crippen LogP contribution in [0, 0.1) is 11.6 Å². The van der Waals surface area contributed by atoms with Crippen molar-refractivity contribution < 1.29 is 94.3 Å². The van der Waals surface area contributed by atoms with Crippen LogP contribution in [0.25, 0.3) is 0 Å². The number of esters is 1. The summed E-state index contributed by atoms with van der Waals surface area (Å²) < 4.78 is 91.0. The fourth-order valence-corrected chi connectivity index (χ4v) is 7.85. The SMILES string of the molecule is COC(=O)[C@H](CSc1nonc1C(=Nc1ccc(F)c(Cl)c1)NO)NS(N)(=O)=O.C[O-].O=C1NS(=O)(=O)N[C@H]1CSc1nonc1C(=Nc1ccc(F)c(Cl)c1)NO.[Na+]. The Kier molecular flexibility index (Phi) is 21.0. The predicted molar refractivity (Wildman–Crippen MR) is 197 cm³/mol. The van der Waals surface area contributed by atoms with Crippen LogP contribution in [-0.2, 0) is 34.7 Å². The second-order valence-electron chi connectivity index (χ2n) is 10.2. The van der Waals surface area contributed by atoms with Gasteiger partial charge in [-0.3, -0.25) is 31.0 Å². The van der Waals surface area contributed by atoms with Gasteiger partial charge in [-0.15, -0.1) is 0 Å². The fourth-order valence-electron chi connectivity index (χ4n) is 3.87. The van der Waals surface area contributed by atoms with Crippen LogP contribution in [0.2, 0.25) is 10.0 Å². The average molecular weight is 960 g/mol. The number of nitrogens with one attached hydrogen (secondary N) is 5. The summed E-state index contributed by atoms with van der Waals surface area (Å²) >= 11 is 13.2. The van der Waals surface area contributed by atoms with Crippen molar-refractivity contribution in [3.8, 4) is 0 Å². The summed E-state index contributed by atoms with van der Waals surface area (Å²) in [5.41, 5.74) is 3.93. The molecule has 59 heavy (non-hydrogen) atoms. The van der Waals surface area contributed by atoms with E-state index in [1.165, 1.54) is 24.3 Å². The Morgan fingerprint density at radius 2 is 1.46 bits per heavy atom. The molecule has 2 atom stereocenters. The molecule has 24 nitrogen and oxygen atoms in total. The van der Waals surface area contributed by atoms with Crippen molar-refractivity contribution in [1.82, 2.24) is 45.8 Å². The summed E-state index contributed by atoms with van der Waals surface area (Å²) in [7, 11) is -6.23. The van der Waals surface area contributed by atoms with E-state index in [0.717, 1.165) is 49.9 Å². The van der Waals surface area contributed by atoms with Crippen LogP contribution in [-0.4, -0.2) is 109 Å². The molecule has 0 unspecified atom stereocenters. The Morgan fingerprint density at radius 1 is 0.983 bits per heavy atom. The smallest absolute Gasteiger partial charge is 0.857 e. The molecule has 1 amide bonds. The van der Waals surface area contributed by atoms with Gasteiger partial charge in [0.2, 0.25) is 0 Å². The van der Waals surface area contributed by atoms with Gasteiger partial charge in [-0.05, 0) is 57.0 Å². The second kappa shape index (κ2) is 24.0. The number of amidine groups is 2. The van der Waals surface area contributed by atoms with E-state index in [1.54, 1.807) is 10.2 Å². The van der Waals surface area contributed by atoms with Gasteiger partial charge in [0, 0.05) is 11.5 Å². The summed E-state index contributed by atoms with van der Waals surface area (Å²) in [6.07, 6.45) is 0. The third kappa shape index (κ3) is 15.7. The van der Waals surface area contributed by atoms with Crippen LogP contribution in [0.4, 0.5) is 20.2 Å². The maximum atomic E-state index is 13.3. The summed E-state index contributed by atoms with van der Waals surface area (Å²) in [5, 5.41) is 46.1. The van der Waals surface area contributed by atoms with Crippen LogP contribution in [0.5, 0.6) is 0 Å².